The number of hydrogen-bond donors (Lipinski definition) is 0. The summed E-state index contributed by atoms with van der Waals surface area (Å²) in [4.78, 5) is 81.7. The van der Waals surface area contributed by atoms with Gasteiger partial charge in [0.15, 0.2) is 0 Å². The van der Waals surface area contributed by atoms with E-state index in [9.17, 15) is 0 Å². The SMILES string of the molecule is CCCCCCc1ccc(-c2ccc(C3=C4C(=O)N(CC(CC)CCCC)C(c5ccc(-c6ccc(-c7ccc(C8=C9C(=O)N(CC(CC)CCCC)C(c%10ccc(-c%11ccc(CCCCCC)cc%11)s%10)=C9C(=O)N8CC(CC)CCCC)s7)s6)s5)=C4C(=O)N3CC(CC)CCCC)s2)cc1. The molecule has 9 heterocycles. The van der Waals surface area contributed by atoms with Crippen LogP contribution in [0.3, 0.4) is 0 Å². The van der Waals surface area contributed by atoms with Crippen LogP contribution in [0.25, 0.3) is 63.2 Å². The van der Waals surface area contributed by atoms with Crippen LogP contribution in [-0.2, 0) is 32.0 Å². The zero-order valence-corrected chi connectivity index (χ0v) is 66.5. The molecule has 8 nitrogen and oxygen atoms in total. The Morgan fingerprint density at radius 2 is 0.485 bits per heavy atom. The highest BCUT2D eigenvalue weighted by Crippen LogP contribution is 2.54. The highest BCUT2D eigenvalue weighted by molar-refractivity contribution is 7.27. The number of carbonyl (C=O) groups is 4. The quantitative estimate of drug-likeness (QED) is 0.0357. The largest absolute Gasteiger partial charge is 0.306 e. The molecule has 4 aliphatic heterocycles. The second-order valence-electron chi connectivity index (χ2n) is 29.1. The van der Waals surface area contributed by atoms with Crippen molar-refractivity contribution in [3.63, 3.8) is 0 Å². The first-order valence-electron chi connectivity index (χ1n) is 39.3. The lowest BCUT2D eigenvalue weighted by atomic mass is 9.98. The molecule has 101 heavy (non-hydrogen) atoms. The number of fused-ring (bicyclic) bond motifs is 2. The number of nitrogens with zero attached hydrogens (tertiary/aromatic N) is 4. The third kappa shape index (κ3) is 17.1. The van der Waals surface area contributed by atoms with E-state index in [4.69, 9.17) is 0 Å². The first kappa shape index (κ1) is 75.9. The van der Waals surface area contributed by atoms with Crippen molar-refractivity contribution in [3.05, 3.63) is 162 Å². The molecule has 7 aromatic rings. The highest BCUT2D eigenvalue weighted by atomic mass is 32.1. The summed E-state index contributed by atoms with van der Waals surface area (Å²) in [5.41, 5.74) is 10.4. The second-order valence-corrected chi connectivity index (χ2v) is 34.5. The van der Waals surface area contributed by atoms with Gasteiger partial charge in [0, 0.05) is 55.4 Å². The first-order valence-corrected chi connectivity index (χ1v) is 43.4. The van der Waals surface area contributed by atoms with Crippen molar-refractivity contribution in [2.24, 2.45) is 23.7 Å². The van der Waals surface area contributed by atoms with Crippen molar-refractivity contribution < 1.29 is 19.2 Å². The predicted octanol–water partition coefficient (Wildman–Crippen LogP) is 25.4. The highest BCUT2D eigenvalue weighted by Gasteiger charge is 2.52. The minimum Gasteiger partial charge on any atom is -0.306 e. The van der Waals surface area contributed by atoms with Gasteiger partial charge >= 0.3 is 0 Å². The van der Waals surface area contributed by atoms with Gasteiger partial charge in [-0.1, -0.05) is 233 Å². The van der Waals surface area contributed by atoms with Crippen molar-refractivity contribution in [3.8, 4) is 40.4 Å². The predicted molar refractivity (Wildman–Crippen MR) is 434 cm³/mol. The van der Waals surface area contributed by atoms with Gasteiger partial charge in [0.2, 0.25) is 0 Å². The van der Waals surface area contributed by atoms with Gasteiger partial charge in [-0.25, -0.2) is 0 Å². The Bertz CT molecular complexity index is 3830. The molecule has 0 N–H and O–H groups in total. The molecule has 4 unspecified atom stereocenters. The summed E-state index contributed by atoms with van der Waals surface area (Å²) in [5, 5.41) is 0. The van der Waals surface area contributed by atoms with Crippen LogP contribution in [0, 0.1) is 23.7 Å². The molecule has 13 heteroatoms. The fourth-order valence-corrected chi connectivity index (χ4v) is 20.9. The van der Waals surface area contributed by atoms with Crippen LogP contribution in [0.1, 0.15) is 254 Å². The van der Waals surface area contributed by atoms with Gasteiger partial charge in [0.1, 0.15) is 0 Å². The lowest BCUT2D eigenvalue weighted by Crippen LogP contribution is -2.34. The fourth-order valence-electron chi connectivity index (χ4n) is 15.4. The number of amides is 4. The van der Waals surface area contributed by atoms with E-state index in [1.807, 2.05) is 19.6 Å². The molecule has 0 saturated heterocycles. The average Bonchev–Trinajstić information content (AvgIpc) is 1.56. The minimum atomic E-state index is -0.0559. The molecule has 0 saturated carbocycles. The van der Waals surface area contributed by atoms with Crippen molar-refractivity contribution in [1.29, 1.82) is 0 Å². The summed E-state index contributed by atoms with van der Waals surface area (Å²) in [6.45, 7) is 24.7. The molecule has 0 radical (unpaired) electrons. The maximum Gasteiger partial charge on any atom is 0.261 e. The van der Waals surface area contributed by atoms with Crippen LogP contribution in [-0.4, -0.2) is 69.4 Å². The maximum absolute atomic E-state index is 15.8. The fraction of sp³-hybridized carbons (Fsp3) is 0.500. The Labute approximate surface area is 625 Å². The third-order valence-corrected chi connectivity index (χ3v) is 27.8. The molecule has 0 bridgehead atoms. The molecule has 5 aromatic heterocycles. The number of rotatable bonds is 42. The van der Waals surface area contributed by atoms with E-state index in [0.717, 1.165) is 198 Å². The van der Waals surface area contributed by atoms with Gasteiger partial charge in [0.05, 0.1) is 64.6 Å². The number of aryl methyl sites for hydroxylation is 2. The molecule has 0 spiro atoms. The second kappa shape index (κ2) is 36.5. The van der Waals surface area contributed by atoms with Crippen LogP contribution in [0.2, 0.25) is 0 Å². The topological polar surface area (TPSA) is 81.2 Å². The van der Waals surface area contributed by atoms with Crippen LogP contribution in [0.4, 0.5) is 0 Å². The van der Waals surface area contributed by atoms with E-state index in [-0.39, 0.29) is 35.5 Å². The molecule has 0 aliphatic carbocycles. The summed E-state index contributed by atoms with van der Waals surface area (Å²) in [5.74, 6) is 0.945. The summed E-state index contributed by atoms with van der Waals surface area (Å²) in [6.07, 6.45) is 28.7. The van der Waals surface area contributed by atoms with Gasteiger partial charge in [-0.05, 0) is 158 Å². The van der Waals surface area contributed by atoms with Crippen LogP contribution < -0.4 is 0 Å². The summed E-state index contributed by atoms with van der Waals surface area (Å²) in [6, 6.07) is 39.9. The number of thiophene rings is 5. The zero-order chi connectivity index (χ0) is 71.1. The Morgan fingerprint density at radius 1 is 0.257 bits per heavy atom. The van der Waals surface area contributed by atoms with E-state index >= 15 is 19.2 Å². The van der Waals surface area contributed by atoms with Gasteiger partial charge < -0.3 is 19.6 Å². The van der Waals surface area contributed by atoms with Gasteiger partial charge in [-0.15, -0.1) is 56.7 Å². The Balaban J connectivity index is 0.958. The van der Waals surface area contributed by atoms with Gasteiger partial charge in [-0.2, -0.15) is 0 Å². The van der Waals surface area contributed by atoms with E-state index < -0.39 is 0 Å². The molecule has 4 aliphatic rings. The summed E-state index contributed by atoms with van der Waals surface area (Å²) < 4.78 is 0. The third-order valence-electron chi connectivity index (χ3n) is 21.9. The molecular weight excluding hydrogens is 1340 g/mol. The maximum atomic E-state index is 15.8. The molecule has 11 rings (SSSR count). The van der Waals surface area contributed by atoms with Crippen molar-refractivity contribution in [2.75, 3.05) is 26.2 Å². The van der Waals surface area contributed by atoms with Gasteiger partial charge in [0.25, 0.3) is 23.6 Å². The molecule has 538 valence electrons. The van der Waals surface area contributed by atoms with Crippen LogP contribution in [0.15, 0.2) is 131 Å². The van der Waals surface area contributed by atoms with E-state index in [2.05, 4.69) is 178 Å². The lowest BCUT2D eigenvalue weighted by molar-refractivity contribution is -0.124. The van der Waals surface area contributed by atoms with E-state index in [1.54, 1.807) is 56.7 Å². The zero-order valence-electron chi connectivity index (χ0n) is 62.4. The first-order chi connectivity index (χ1) is 49.3. The van der Waals surface area contributed by atoms with Crippen molar-refractivity contribution >= 4 is 103 Å². The molecule has 4 atom stereocenters. The molecule has 0 fully saturated rings. The van der Waals surface area contributed by atoms with E-state index in [1.165, 1.54) is 62.5 Å². The summed E-state index contributed by atoms with van der Waals surface area (Å²) in [7, 11) is 0. The average molecular weight is 1450 g/mol. The Morgan fingerprint density at radius 3 is 0.733 bits per heavy atom. The lowest BCUT2D eigenvalue weighted by Gasteiger charge is -2.29. The minimum absolute atomic E-state index is 0.0559. The Kier molecular flexibility index (Phi) is 27.4. The van der Waals surface area contributed by atoms with Gasteiger partial charge in [-0.3, -0.25) is 19.2 Å². The number of benzene rings is 2. The molecule has 4 amide bonds. The summed E-state index contributed by atoms with van der Waals surface area (Å²) >= 11 is 8.49. The number of carbonyl (C=O) groups excluding carboxylic acids is 4. The monoisotopic (exact) mass is 1450 g/mol. The number of unbranched alkanes of at least 4 members (excludes halogenated alkanes) is 10. The number of hydrogen-bond acceptors (Lipinski definition) is 9. The Hall–Kier alpha value is -6.22. The smallest absolute Gasteiger partial charge is 0.261 e. The van der Waals surface area contributed by atoms with Crippen LogP contribution >= 0.6 is 56.7 Å². The molecular formula is C88H112N4O4S5. The van der Waals surface area contributed by atoms with Crippen LogP contribution in [0.5, 0.6) is 0 Å². The van der Waals surface area contributed by atoms with E-state index in [0.29, 0.717) is 60.3 Å². The normalized spacial score (nSPS) is 16.1. The van der Waals surface area contributed by atoms with Crippen molar-refractivity contribution in [2.45, 2.75) is 236 Å². The standard InChI is InChI=1S/C88H112N4O4S5/c1-11-21-27-29-35-63-37-41-65(42-38-63)67-45-51-73(97-67)81-77-79(87(95)89(81)55-59(17-7)31-23-13-3)83(91(85(77)93)57-61(19-9)33-25-15-5)75-53-49-71(100-75)69-47-48-70(99-69)72-50-54-76(101-72)84-80-78(86(94)92(84)58-62(20-10)34-26-16-6)82(90(88(80)96)56-60(18-8)32-24-14-4)74-52-46-68(98-74)66-43-39-64(40-44-66)36-30-28-22-12-2/h37-54,59-62H,11-36,55-58H2,1-10H3. The van der Waals surface area contributed by atoms with Crippen molar-refractivity contribution in [1.82, 2.24) is 19.6 Å². The molecule has 2 aromatic carbocycles.